The summed E-state index contributed by atoms with van der Waals surface area (Å²) < 4.78 is 12.1. The van der Waals surface area contributed by atoms with E-state index < -0.39 is 0 Å². The van der Waals surface area contributed by atoms with Crippen LogP contribution in [0.5, 0.6) is 11.5 Å². The molecule has 3 aliphatic rings. The van der Waals surface area contributed by atoms with Crippen molar-refractivity contribution in [1.82, 2.24) is 10.2 Å². The van der Waals surface area contributed by atoms with Crippen LogP contribution in [-0.4, -0.2) is 47.9 Å². The fraction of sp³-hybridized carbons (Fsp3) is 0.484. The van der Waals surface area contributed by atoms with Crippen LogP contribution in [0.4, 0.5) is 0 Å². The summed E-state index contributed by atoms with van der Waals surface area (Å²) in [6.45, 7) is 6.16. The van der Waals surface area contributed by atoms with Crippen molar-refractivity contribution in [2.45, 2.75) is 77.0 Å². The third-order valence-electron chi connectivity index (χ3n) is 7.98. The first-order valence-electron chi connectivity index (χ1n) is 14.0. The predicted molar refractivity (Wildman–Crippen MR) is 154 cm³/mol. The van der Waals surface area contributed by atoms with E-state index in [4.69, 9.17) is 32.7 Å². The Kier molecular flexibility index (Phi) is 8.85. The zero-order chi connectivity index (χ0) is 27.5. The van der Waals surface area contributed by atoms with Gasteiger partial charge in [0.05, 0.1) is 16.1 Å². The van der Waals surface area contributed by atoms with Crippen LogP contribution in [0, 0.1) is 5.92 Å². The summed E-state index contributed by atoms with van der Waals surface area (Å²) in [6.07, 6.45) is 8.95. The average Bonchev–Trinajstić information content (AvgIpc) is 3.70. The first-order chi connectivity index (χ1) is 18.8. The molecular formula is C31H36Cl2N2O4. The molecule has 39 heavy (non-hydrogen) atoms. The molecular weight excluding hydrogens is 535 g/mol. The van der Waals surface area contributed by atoms with Gasteiger partial charge in [0.2, 0.25) is 5.78 Å². The largest absolute Gasteiger partial charge is 0.490 e. The second kappa shape index (κ2) is 12.3. The number of hydrogen-bond acceptors (Lipinski definition) is 5. The Balaban J connectivity index is 1.07. The summed E-state index contributed by atoms with van der Waals surface area (Å²) >= 11 is 12.0. The number of carbonyl (C=O) groups is 2. The standard InChI is InChI=1S/C31H36Cl2N2O4/c1-19(35-16-14-23(15-17-35)34-31(37)22-11-12-24(32)25(33)18-22)6-7-20(2)38-26-4-3-5-27-29(26)30(36)28(39-27)13-10-21-8-9-21/h3-5,11-13,18-21,23H,6-10,14-17H2,1-2H3,(H,34,37). The summed E-state index contributed by atoms with van der Waals surface area (Å²) in [5, 5.41) is 3.96. The maximum absolute atomic E-state index is 13.0. The van der Waals surface area contributed by atoms with E-state index in [-0.39, 0.29) is 23.8 Å². The van der Waals surface area contributed by atoms with Gasteiger partial charge in [0.15, 0.2) is 5.76 Å². The van der Waals surface area contributed by atoms with Gasteiger partial charge >= 0.3 is 0 Å². The van der Waals surface area contributed by atoms with Gasteiger partial charge in [-0.25, -0.2) is 0 Å². The lowest BCUT2D eigenvalue weighted by Gasteiger charge is -2.36. The zero-order valence-electron chi connectivity index (χ0n) is 22.6. The van der Waals surface area contributed by atoms with Crippen molar-refractivity contribution in [1.29, 1.82) is 0 Å². The lowest BCUT2D eigenvalue weighted by Crippen LogP contribution is -2.47. The number of ketones is 1. The van der Waals surface area contributed by atoms with E-state index >= 15 is 0 Å². The van der Waals surface area contributed by atoms with Crippen LogP contribution in [0.1, 0.15) is 79.5 Å². The number of benzene rings is 2. The van der Waals surface area contributed by atoms with Crippen molar-refractivity contribution in [3.8, 4) is 11.5 Å². The molecule has 8 heteroatoms. The number of piperidine rings is 1. The maximum Gasteiger partial charge on any atom is 0.251 e. The highest BCUT2D eigenvalue weighted by atomic mass is 35.5. The minimum Gasteiger partial charge on any atom is -0.490 e. The minimum atomic E-state index is -0.118. The van der Waals surface area contributed by atoms with Crippen molar-refractivity contribution in [3.63, 3.8) is 0 Å². The molecule has 2 fully saturated rings. The van der Waals surface area contributed by atoms with Crippen LogP contribution in [0.25, 0.3) is 0 Å². The predicted octanol–water partition coefficient (Wildman–Crippen LogP) is 7.08. The molecule has 2 aromatic carbocycles. The van der Waals surface area contributed by atoms with Crippen molar-refractivity contribution >= 4 is 34.9 Å². The molecule has 2 aliphatic heterocycles. The Labute approximate surface area is 240 Å². The number of rotatable bonds is 10. The third-order valence-corrected chi connectivity index (χ3v) is 8.72. The summed E-state index contributed by atoms with van der Waals surface area (Å²) in [5.74, 6) is 2.14. The van der Waals surface area contributed by atoms with Crippen LogP contribution in [0.2, 0.25) is 10.0 Å². The van der Waals surface area contributed by atoms with Crippen molar-refractivity contribution in [3.05, 3.63) is 69.4 Å². The van der Waals surface area contributed by atoms with E-state index in [1.165, 1.54) is 12.8 Å². The number of allylic oxidation sites excluding steroid dienone is 2. The van der Waals surface area contributed by atoms with E-state index in [2.05, 4.69) is 24.1 Å². The average molecular weight is 572 g/mol. The SMILES string of the molecule is CC(CCC(C)N1CCC(NC(=O)c2ccc(Cl)c(Cl)c2)CC1)Oc1cccc2c1C(=O)C(=CCC1CC1)O2. The Morgan fingerprint density at radius 1 is 1.10 bits per heavy atom. The molecule has 2 unspecified atom stereocenters. The Morgan fingerprint density at radius 3 is 2.59 bits per heavy atom. The lowest BCUT2D eigenvalue weighted by atomic mass is 10.0. The molecule has 2 atom stereocenters. The zero-order valence-corrected chi connectivity index (χ0v) is 24.1. The van der Waals surface area contributed by atoms with Gasteiger partial charge < -0.3 is 19.7 Å². The van der Waals surface area contributed by atoms with E-state index in [1.807, 2.05) is 24.3 Å². The molecule has 0 aromatic heterocycles. The number of halogens is 2. The summed E-state index contributed by atoms with van der Waals surface area (Å²) in [7, 11) is 0. The number of nitrogens with zero attached hydrogens (tertiary/aromatic N) is 1. The molecule has 2 heterocycles. The van der Waals surface area contributed by atoms with Crippen LogP contribution in [-0.2, 0) is 0 Å². The van der Waals surface area contributed by atoms with Gasteiger partial charge in [-0.3, -0.25) is 9.59 Å². The molecule has 0 bridgehead atoms. The van der Waals surface area contributed by atoms with Crippen LogP contribution in [0.3, 0.4) is 0 Å². The normalized spacial score (nSPS) is 20.4. The maximum atomic E-state index is 13.0. The Hall–Kier alpha value is -2.54. The Morgan fingerprint density at radius 2 is 1.87 bits per heavy atom. The molecule has 1 saturated heterocycles. The number of likely N-dealkylation sites (tertiary alicyclic amines) is 1. The Bertz CT molecular complexity index is 1250. The van der Waals surface area contributed by atoms with E-state index in [0.717, 1.165) is 45.2 Å². The van der Waals surface area contributed by atoms with Crippen LogP contribution in [0.15, 0.2) is 48.2 Å². The van der Waals surface area contributed by atoms with E-state index in [0.29, 0.717) is 50.4 Å². The molecule has 1 N–H and O–H groups in total. The van der Waals surface area contributed by atoms with Crippen LogP contribution < -0.4 is 14.8 Å². The van der Waals surface area contributed by atoms with E-state index in [1.54, 1.807) is 18.2 Å². The molecule has 1 aliphatic carbocycles. The number of nitrogens with one attached hydrogen (secondary N) is 1. The number of carbonyl (C=O) groups excluding carboxylic acids is 2. The number of ether oxygens (including phenoxy) is 2. The second-order valence-corrected chi connectivity index (χ2v) is 11.9. The van der Waals surface area contributed by atoms with Crippen LogP contribution >= 0.6 is 23.2 Å². The minimum absolute atomic E-state index is 0.0331. The first-order valence-corrected chi connectivity index (χ1v) is 14.8. The van der Waals surface area contributed by atoms with Crippen molar-refractivity contribution in [2.75, 3.05) is 13.1 Å². The van der Waals surface area contributed by atoms with E-state index in [9.17, 15) is 9.59 Å². The summed E-state index contributed by atoms with van der Waals surface area (Å²) in [6, 6.07) is 11.1. The van der Waals surface area contributed by atoms with Gasteiger partial charge in [0.1, 0.15) is 17.1 Å². The summed E-state index contributed by atoms with van der Waals surface area (Å²) in [4.78, 5) is 28.1. The summed E-state index contributed by atoms with van der Waals surface area (Å²) in [5.41, 5.74) is 1.07. The molecule has 1 saturated carbocycles. The smallest absolute Gasteiger partial charge is 0.251 e. The number of hydrogen-bond donors (Lipinski definition) is 1. The highest BCUT2D eigenvalue weighted by Crippen LogP contribution is 2.40. The topological polar surface area (TPSA) is 67.9 Å². The second-order valence-electron chi connectivity index (χ2n) is 11.1. The molecule has 0 spiro atoms. The quantitative estimate of drug-likeness (QED) is 0.309. The van der Waals surface area contributed by atoms with Gasteiger partial charge in [-0.15, -0.1) is 0 Å². The molecule has 5 rings (SSSR count). The fourth-order valence-electron chi connectivity index (χ4n) is 5.29. The highest BCUT2D eigenvalue weighted by molar-refractivity contribution is 6.42. The highest BCUT2D eigenvalue weighted by Gasteiger charge is 2.32. The lowest BCUT2D eigenvalue weighted by molar-refractivity contribution is 0.0883. The molecule has 208 valence electrons. The fourth-order valence-corrected chi connectivity index (χ4v) is 5.59. The van der Waals surface area contributed by atoms with Crippen molar-refractivity contribution in [2.24, 2.45) is 5.92 Å². The molecule has 1 amide bonds. The van der Waals surface area contributed by atoms with Gasteiger partial charge in [0, 0.05) is 30.7 Å². The molecule has 2 aromatic rings. The molecule has 6 nitrogen and oxygen atoms in total. The number of amides is 1. The van der Waals surface area contributed by atoms with Crippen molar-refractivity contribution < 1.29 is 19.1 Å². The van der Waals surface area contributed by atoms with Gasteiger partial charge in [-0.05, 0) is 101 Å². The first kappa shape index (κ1) is 28.0. The van der Waals surface area contributed by atoms with Gasteiger partial charge in [-0.2, -0.15) is 0 Å². The number of Topliss-reactive ketones (excluding diaryl/α,β-unsaturated/α-hetero) is 1. The van der Waals surface area contributed by atoms with Gasteiger partial charge in [0.25, 0.3) is 5.91 Å². The number of fused-ring (bicyclic) bond motifs is 1. The monoisotopic (exact) mass is 570 g/mol. The molecule has 0 radical (unpaired) electrons. The third kappa shape index (κ3) is 6.97. The van der Waals surface area contributed by atoms with Gasteiger partial charge in [-0.1, -0.05) is 29.3 Å².